The van der Waals surface area contributed by atoms with Crippen LogP contribution in [-0.2, 0) is 4.79 Å². The highest BCUT2D eigenvalue weighted by Crippen LogP contribution is 2.43. The number of piperazine rings is 1. The first kappa shape index (κ1) is 20.9. The molecule has 2 aromatic rings. The predicted molar refractivity (Wildman–Crippen MR) is 119 cm³/mol. The van der Waals surface area contributed by atoms with Gasteiger partial charge < -0.3 is 25.0 Å². The molecule has 0 radical (unpaired) electrons. The largest absolute Gasteiger partial charge is 0.497 e. The van der Waals surface area contributed by atoms with Gasteiger partial charge in [-0.2, -0.15) is 0 Å². The number of allylic oxidation sites excluding steroid dienone is 1. The molecule has 3 atom stereocenters. The van der Waals surface area contributed by atoms with E-state index in [1.165, 1.54) is 4.90 Å². The molecule has 7 nitrogen and oxygen atoms in total. The van der Waals surface area contributed by atoms with E-state index in [0.29, 0.717) is 18.0 Å². The van der Waals surface area contributed by atoms with Crippen LogP contribution in [-0.4, -0.2) is 65.7 Å². The summed E-state index contributed by atoms with van der Waals surface area (Å²) in [5, 5.41) is 12.8. The number of carbonyl (C=O) groups is 2. The number of methoxy groups -OCH3 is 1. The molecule has 7 heteroatoms. The second-order valence-corrected chi connectivity index (χ2v) is 7.85. The average Bonchev–Trinajstić information content (AvgIpc) is 2.76. The molecule has 162 valence electrons. The number of carbonyl (C=O) groups excluding carboxylic acids is 2. The molecule has 2 fully saturated rings. The number of amides is 3. The van der Waals surface area contributed by atoms with Crippen molar-refractivity contribution < 1.29 is 19.4 Å². The Morgan fingerprint density at radius 2 is 2.03 bits per heavy atom. The molecule has 0 aliphatic carbocycles. The van der Waals surface area contributed by atoms with Crippen LogP contribution >= 0.6 is 0 Å². The minimum absolute atomic E-state index is 0.00421. The van der Waals surface area contributed by atoms with Crippen LogP contribution < -0.4 is 10.1 Å². The Hall–Kier alpha value is -3.32. The van der Waals surface area contributed by atoms with E-state index in [0.717, 1.165) is 11.1 Å². The monoisotopic (exact) mass is 421 g/mol. The van der Waals surface area contributed by atoms with Gasteiger partial charge >= 0.3 is 6.03 Å². The van der Waals surface area contributed by atoms with Crippen molar-refractivity contribution in [2.24, 2.45) is 0 Å². The summed E-state index contributed by atoms with van der Waals surface area (Å²) >= 11 is 0. The van der Waals surface area contributed by atoms with Gasteiger partial charge in [0.2, 0.25) is 5.91 Å². The lowest BCUT2D eigenvalue weighted by molar-refractivity contribution is -0.159. The van der Waals surface area contributed by atoms with Crippen LogP contribution in [0.25, 0.3) is 6.08 Å². The van der Waals surface area contributed by atoms with Crippen LogP contribution in [0.3, 0.4) is 0 Å². The van der Waals surface area contributed by atoms with Crippen LogP contribution in [0.4, 0.5) is 10.5 Å². The number of hydrogen-bond donors (Lipinski definition) is 2. The van der Waals surface area contributed by atoms with Crippen molar-refractivity contribution in [3.63, 3.8) is 0 Å². The summed E-state index contributed by atoms with van der Waals surface area (Å²) in [4.78, 5) is 28.9. The number of benzene rings is 2. The molecule has 0 unspecified atom stereocenters. The highest BCUT2D eigenvalue weighted by Gasteiger charge is 2.54. The summed E-state index contributed by atoms with van der Waals surface area (Å²) in [7, 11) is 1.57. The molecule has 0 aromatic heterocycles. The van der Waals surface area contributed by atoms with Crippen molar-refractivity contribution in [3.05, 3.63) is 65.7 Å². The molecule has 2 aliphatic rings. The molecule has 4 rings (SSSR count). The van der Waals surface area contributed by atoms with Gasteiger partial charge in [-0.05, 0) is 30.2 Å². The molecule has 2 saturated heterocycles. The third-order valence-corrected chi connectivity index (χ3v) is 6.04. The van der Waals surface area contributed by atoms with E-state index in [1.807, 2.05) is 43.3 Å². The smallest absolute Gasteiger partial charge is 0.322 e. The molecular formula is C24H27N3O4. The number of anilines is 1. The van der Waals surface area contributed by atoms with Gasteiger partial charge in [0.15, 0.2) is 0 Å². The summed E-state index contributed by atoms with van der Waals surface area (Å²) in [6.07, 6.45) is 4.00. The maximum Gasteiger partial charge on any atom is 0.322 e. The zero-order chi connectivity index (χ0) is 22.0. The van der Waals surface area contributed by atoms with E-state index in [2.05, 4.69) is 5.32 Å². The molecule has 2 N–H and O–H groups in total. The molecule has 2 heterocycles. The number of aliphatic hydroxyl groups excluding tert-OH is 1. The summed E-state index contributed by atoms with van der Waals surface area (Å²) < 4.78 is 5.20. The van der Waals surface area contributed by atoms with Crippen molar-refractivity contribution in [3.8, 4) is 5.75 Å². The van der Waals surface area contributed by atoms with Crippen molar-refractivity contribution in [2.45, 2.75) is 24.9 Å². The summed E-state index contributed by atoms with van der Waals surface area (Å²) in [6, 6.07) is 14.5. The van der Waals surface area contributed by atoms with Crippen LogP contribution in [0.5, 0.6) is 5.75 Å². The number of rotatable bonds is 5. The number of nitrogens with zero attached hydrogens (tertiary/aromatic N) is 2. The number of aliphatic hydroxyl groups is 1. The van der Waals surface area contributed by atoms with Gasteiger partial charge in [0.05, 0.1) is 25.8 Å². The van der Waals surface area contributed by atoms with E-state index in [-0.39, 0.29) is 43.1 Å². The Bertz CT molecular complexity index is 989. The lowest BCUT2D eigenvalue weighted by Crippen LogP contribution is -2.73. The highest BCUT2D eigenvalue weighted by molar-refractivity contribution is 5.94. The first-order valence-corrected chi connectivity index (χ1v) is 10.4. The molecule has 2 aromatic carbocycles. The minimum atomic E-state index is -0.323. The minimum Gasteiger partial charge on any atom is -0.497 e. The van der Waals surface area contributed by atoms with Crippen LogP contribution in [0.15, 0.2) is 54.6 Å². The Morgan fingerprint density at radius 3 is 2.71 bits per heavy atom. The van der Waals surface area contributed by atoms with E-state index < -0.39 is 0 Å². The number of fused-ring (bicyclic) bond motifs is 1. The fourth-order valence-corrected chi connectivity index (χ4v) is 4.58. The molecule has 2 aliphatic heterocycles. The highest BCUT2D eigenvalue weighted by atomic mass is 16.5. The van der Waals surface area contributed by atoms with Gasteiger partial charge in [-0.15, -0.1) is 0 Å². The van der Waals surface area contributed by atoms with Crippen molar-refractivity contribution in [1.82, 2.24) is 9.80 Å². The summed E-state index contributed by atoms with van der Waals surface area (Å²) in [6.45, 7) is 2.28. The number of hydrogen-bond acceptors (Lipinski definition) is 4. The summed E-state index contributed by atoms with van der Waals surface area (Å²) in [5.74, 6) is 0.490. The standard InChI is InChI=1S/C24H27N3O4/c1-3-5-16-8-10-17(11-9-16)23-20-13-26(14-22(29)27(20)21(23)15-28)24(30)25-18-6-4-7-19(12-18)31-2/h3-12,20-21,23,28H,13-15H2,1-2H3,(H,25,30)/b5-3+/t20-,21+,23+/m0/s1. The maximum absolute atomic E-state index is 12.8. The zero-order valence-electron chi connectivity index (χ0n) is 17.7. The number of urea groups is 1. The molecule has 3 amide bonds. The van der Waals surface area contributed by atoms with E-state index >= 15 is 0 Å². The topological polar surface area (TPSA) is 82.1 Å². The van der Waals surface area contributed by atoms with Gasteiger partial charge in [-0.25, -0.2) is 4.79 Å². The lowest BCUT2D eigenvalue weighted by Gasteiger charge is -2.58. The van der Waals surface area contributed by atoms with Crippen molar-refractivity contribution >= 4 is 23.7 Å². The normalized spacial score (nSPS) is 22.8. The fraction of sp³-hybridized carbons (Fsp3) is 0.333. The van der Waals surface area contributed by atoms with Crippen molar-refractivity contribution in [2.75, 3.05) is 32.1 Å². The zero-order valence-corrected chi connectivity index (χ0v) is 17.7. The number of ether oxygens (including phenoxy) is 1. The van der Waals surface area contributed by atoms with Gasteiger partial charge in [-0.3, -0.25) is 4.79 Å². The Labute approximate surface area is 181 Å². The molecule has 0 spiro atoms. The predicted octanol–water partition coefficient (Wildman–Crippen LogP) is 2.93. The second-order valence-electron chi connectivity index (χ2n) is 7.85. The lowest BCUT2D eigenvalue weighted by atomic mass is 9.73. The van der Waals surface area contributed by atoms with Crippen molar-refractivity contribution in [1.29, 1.82) is 0 Å². The van der Waals surface area contributed by atoms with E-state index in [9.17, 15) is 14.7 Å². The Balaban J connectivity index is 1.50. The van der Waals surface area contributed by atoms with Gasteiger partial charge in [0.25, 0.3) is 0 Å². The maximum atomic E-state index is 12.8. The molecule has 31 heavy (non-hydrogen) atoms. The van der Waals surface area contributed by atoms with E-state index in [4.69, 9.17) is 4.74 Å². The number of nitrogens with one attached hydrogen (secondary N) is 1. The first-order valence-electron chi connectivity index (χ1n) is 10.4. The third kappa shape index (κ3) is 4.01. The second kappa shape index (κ2) is 8.81. The molecular weight excluding hydrogens is 394 g/mol. The van der Waals surface area contributed by atoms with Gasteiger partial charge in [-0.1, -0.05) is 42.5 Å². The Kier molecular flexibility index (Phi) is 5.95. The Morgan fingerprint density at radius 1 is 1.26 bits per heavy atom. The SMILES string of the molecule is C/C=C/c1ccc([C@H]2[C@@H](CO)N3C(=O)CN(C(=O)Nc4cccc(OC)c4)C[C@@H]23)cc1. The van der Waals surface area contributed by atoms with Gasteiger partial charge in [0, 0.05) is 24.2 Å². The van der Waals surface area contributed by atoms with Crippen LogP contribution in [0, 0.1) is 0 Å². The third-order valence-electron chi connectivity index (χ3n) is 6.04. The molecule has 0 saturated carbocycles. The molecule has 0 bridgehead atoms. The van der Waals surface area contributed by atoms with Crippen LogP contribution in [0.1, 0.15) is 24.0 Å². The quantitative estimate of drug-likeness (QED) is 0.778. The first-order chi connectivity index (χ1) is 15.0. The van der Waals surface area contributed by atoms with Crippen LogP contribution in [0.2, 0.25) is 0 Å². The fourth-order valence-electron chi connectivity index (χ4n) is 4.58. The summed E-state index contributed by atoms with van der Waals surface area (Å²) in [5.41, 5.74) is 2.77. The van der Waals surface area contributed by atoms with E-state index in [1.54, 1.807) is 36.3 Å². The average molecular weight is 421 g/mol. The van der Waals surface area contributed by atoms with Gasteiger partial charge in [0.1, 0.15) is 12.3 Å².